The van der Waals surface area contributed by atoms with E-state index in [0.717, 1.165) is 38.7 Å². The van der Waals surface area contributed by atoms with Crippen molar-refractivity contribution < 1.29 is 4.74 Å². The highest BCUT2D eigenvalue weighted by molar-refractivity contribution is 5.39. The first-order valence-electron chi connectivity index (χ1n) is 8.25. The lowest BCUT2D eigenvalue weighted by Gasteiger charge is -2.48. The van der Waals surface area contributed by atoms with E-state index in [9.17, 15) is 0 Å². The first-order chi connectivity index (χ1) is 10.8. The molecule has 0 spiro atoms. The minimum absolute atomic E-state index is 0.234. The number of rotatable bonds is 4. The van der Waals surface area contributed by atoms with Crippen LogP contribution in [0.3, 0.4) is 0 Å². The number of aromatic nitrogens is 1. The summed E-state index contributed by atoms with van der Waals surface area (Å²) >= 11 is 0. The van der Waals surface area contributed by atoms with Gasteiger partial charge in [0.05, 0.1) is 18.8 Å². The molecule has 118 valence electrons. The van der Waals surface area contributed by atoms with Crippen molar-refractivity contribution in [2.24, 2.45) is 0 Å². The van der Waals surface area contributed by atoms with E-state index in [4.69, 9.17) is 10.00 Å². The van der Waals surface area contributed by atoms with Gasteiger partial charge in [0.1, 0.15) is 11.9 Å². The summed E-state index contributed by atoms with van der Waals surface area (Å²) in [4.78, 5) is 6.95. The molecule has 2 heterocycles. The number of nitrogens with one attached hydrogen (secondary N) is 1. The Morgan fingerprint density at radius 2 is 2.00 bits per heavy atom. The lowest BCUT2D eigenvalue weighted by Crippen LogP contribution is -2.58. The summed E-state index contributed by atoms with van der Waals surface area (Å²) < 4.78 is 5.52. The van der Waals surface area contributed by atoms with E-state index in [1.165, 1.54) is 32.1 Å². The van der Waals surface area contributed by atoms with Gasteiger partial charge < -0.3 is 10.1 Å². The van der Waals surface area contributed by atoms with Gasteiger partial charge in [-0.25, -0.2) is 4.98 Å². The van der Waals surface area contributed by atoms with Crippen molar-refractivity contribution in [1.29, 1.82) is 5.26 Å². The fourth-order valence-electron chi connectivity index (χ4n) is 3.67. The molecular formula is C17H24N4O. The average Bonchev–Trinajstić information content (AvgIpc) is 2.62. The molecule has 3 rings (SSSR count). The van der Waals surface area contributed by atoms with Gasteiger partial charge in [-0.15, -0.1) is 0 Å². The van der Waals surface area contributed by atoms with Crippen LogP contribution >= 0.6 is 0 Å². The second-order valence-corrected chi connectivity index (χ2v) is 6.28. The molecule has 1 aliphatic carbocycles. The predicted octanol–water partition coefficient (Wildman–Crippen LogP) is 2.40. The van der Waals surface area contributed by atoms with Crippen LogP contribution in [0, 0.1) is 11.3 Å². The maximum atomic E-state index is 8.84. The third kappa shape index (κ3) is 3.40. The van der Waals surface area contributed by atoms with E-state index < -0.39 is 0 Å². The van der Waals surface area contributed by atoms with Crippen LogP contribution in [0.1, 0.15) is 37.7 Å². The topological polar surface area (TPSA) is 61.2 Å². The summed E-state index contributed by atoms with van der Waals surface area (Å²) in [5.41, 5.74) is 0.837. The van der Waals surface area contributed by atoms with Crippen LogP contribution in [-0.4, -0.2) is 48.3 Å². The van der Waals surface area contributed by atoms with Gasteiger partial charge in [-0.3, -0.25) is 4.90 Å². The highest BCUT2D eigenvalue weighted by Crippen LogP contribution is 2.34. The molecule has 0 unspecified atom stereocenters. The van der Waals surface area contributed by atoms with Gasteiger partial charge >= 0.3 is 0 Å². The Labute approximate surface area is 132 Å². The fourth-order valence-corrected chi connectivity index (χ4v) is 3.67. The molecule has 0 amide bonds. The Hall–Kier alpha value is -1.64. The second kappa shape index (κ2) is 7.08. The molecule has 1 saturated carbocycles. The number of morpholine rings is 1. The predicted molar refractivity (Wildman–Crippen MR) is 85.6 cm³/mol. The highest BCUT2D eigenvalue weighted by Gasteiger charge is 2.38. The van der Waals surface area contributed by atoms with Gasteiger partial charge in [0, 0.05) is 31.4 Å². The summed E-state index contributed by atoms with van der Waals surface area (Å²) in [6, 6.07) is 5.82. The van der Waals surface area contributed by atoms with Crippen molar-refractivity contribution in [3.63, 3.8) is 0 Å². The normalized spacial score (nSPS) is 22.0. The third-order valence-electron chi connectivity index (χ3n) is 4.96. The number of nitrogens with zero attached hydrogens (tertiary/aromatic N) is 3. The molecule has 0 bridgehead atoms. The van der Waals surface area contributed by atoms with Crippen molar-refractivity contribution in [2.45, 2.75) is 37.6 Å². The van der Waals surface area contributed by atoms with E-state index in [0.29, 0.717) is 5.56 Å². The molecule has 1 aliphatic heterocycles. The number of anilines is 1. The Morgan fingerprint density at radius 1 is 1.23 bits per heavy atom. The van der Waals surface area contributed by atoms with Crippen molar-refractivity contribution in [3.8, 4) is 6.07 Å². The smallest absolute Gasteiger partial charge is 0.126 e. The van der Waals surface area contributed by atoms with Crippen LogP contribution in [-0.2, 0) is 4.74 Å². The SMILES string of the molecule is N#Cc1ccc(NCC2(N3CCOCC3)CCCCC2)nc1. The van der Waals surface area contributed by atoms with Crippen molar-refractivity contribution in [3.05, 3.63) is 23.9 Å². The van der Waals surface area contributed by atoms with Crippen LogP contribution in [0.15, 0.2) is 18.3 Å². The molecule has 0 aromatic carbocycles. The molecule has 2 fully saturated rings. The van der Waals surface area contributed by atoms with E-state index in [2.05, 4.69) is 21.3 Å². The Balaban J connectivity index is 1.68. The van der Waals surface area contributed by atoms with Crippen molar-refractivity contribution >= 4 is 5.82 Å². The van der Waals surface area contributed by atoms with E-state index in [1.54, 1.807) is 6.20 Å². The Kier molecular flexibility index (Phi) is 4.91. The van der Waals surface area contributed by atoms with Gasteiger partial charge in [-0.05, 0) is 25.0 Å². The summed E-state index contributed by atoms with van der Waals surface area (Å²) in [5.74, 6) is 0.859. The van der Waals surface area contributed by atoms with Crippen LogP contribution in [0.4, 0.5) is 5.82 Å². The molecule has 1 aromatic rings. The van der Waals surface area contributed by atoms with Crippen LogP contribution in [0.25, 0.3) is 0 Å². The molecule has 0 atom stereocenters. The minimum atomic E-state index is 0.234. The summed E-state index contributed by atoms with van der Waals surface area (Å²) in [7, 11) is 0. The number of hydrogen-bond donors (Lipinski definition) is 1. The van der Waals surface area contributed by atoms with Crippen LogP contribution in [0.5, 0.6) is 0 Å². The quantitative estimate of drug-likeness (QED) is 0.925. The van der Waals surface area contributed by atoms with Gasteiger partial charge in [0.2, 0.25) is 0 Å². The van der Waals surface area contributed by atoms with Crippen molar-refractivity contribution in [1.82, 2.24) is 9.88 Å². The number of ether oxygens (including phenoxy) is 1. The zero-order valence-corrected chi connectivity index (χ0v) is 13.1. The molecule has 0 radical (unpaired) electrons. The number of pyridine rings is 1. The maximum Gasteiger partial charge on any atom is 0.126 e. The summed E-state index contributed by atoms with van der Waals surface area (Å²) in [6.45, 7) is 4.67. The zero-order valence-electron chi connectivity index (χ0n) is 13.1. The summed E-state index contributed by atoms with van der Waals surface area (Å²) in [6.07, 6.45) is 8.08. The maximum absolute atomic E-state index is 8.84. The summed E-state index contributed by atoms with van der Waals surface area (Å²) in [5, 5.41) is 12.3. The Bertz CT molecular complexity index is 510. The molecule has 1 aromatic heterocycles. The monoisotopic (exact) mass is 300 g/mol. The van der Waals surface area contributed by atoms with E-state index in [1.807, 2.05) is 12.1 Å². The lowest BCUT2D eigenvalue weighted by molar-refractivity contribution is -0.0318. The molecule has 22 heavy (non-hydrogen) atoms. The Morgan fingerprint density at radius 3 is 2.64 bits per heavy atom. The largest absolute Gasteiger partial charge is 0.379 e. The van der Waals surface area contributed by atoms with Crippen LogP contribution < -0.4 is 5.32 Å². The first-order valence-corrected chi connectivity index (χ1v) is 8.25. The van der Waals surface area contributed by atoms with Gasteiger partial charge in [-0.1, -0.05) is 19.3 Å². The van der Waals surface area contributed by atoms with E-state index >= 15 is 0 Å². The van der Waals surface area contributed by atoms with Crippen molar-refractivity contribution in [2.75, 3.05) is 38.2 Å². The average molecular weight is 300 g/mol. The number of nitriles is 1. The first kappa shape index (κ1) is 15.3. The molecule has 2 aliphatic rings. The number of hydrogen-bond acceptors (Lipinski definition) is 5. The molecule has 1 saturated heterocycles. The molecule has 5 heteroatoms. The van der Waals surface area contributed by atoms with E-state index in [-0.39, 0.29) is 5.54 Å². The minimum Gasteiger partial charge on any atom is -0.379 e. The second-order valence-electron chi connectivity index (χ2n) is 6.28. The fraction of sp³-hybridized carbons (Fsp3) is 0.647. The third-order valence-corrected chi connectivity index (χ3v) is 4.96. The van der Waals surface area contributed by atoms with Gasteiger partial charge in [0.25, 0.3) is 0 Å². The zero-order chi connectivity index (χ0) is 15.3. The van der Waals surface area contributed by atoms with Crippen LogP contribution in [0.2, 0.25) is 0 Å². The highest BCUT2D eigenvalue weighted by atomic mass is 16.5. The molecular weight excluding hydrogens is 276 g/mol. The lowest BCUT2D eigenvalue weighted by atomic mass is 9.79. The van der Waals surface area contributed by atoms with Gasteiger partial charge in [0.15, 0.2) is 0 Å². The van der Waals surface area contributed by atoms with Gasteiger partial charge in [-0.2, -0.15) is 5.26 Å². The molecule has 5 nitrogen and oxygen atoms in total. The standard InChI is InChI=1S/C17H24N4O/c18-12-15-4-5-16(19-13-15)20-14-17(6-2-1-3-7-17)21-8-10-22-11-9-21/h4-5,13H,1-3,6-11,14H2,(H,19,20). The molecule has 1 N–H and O–H groups in total.